The van der Waals surface area contributed by atoms with Gasteiger partial charge in [-0.2, -0.15) is 0 Å². The lowest BCUT2D eigenvalue weighted by Gasteiger charge is -2.09. The van der Waals surface area contributed by atoms with E-state index < -0.39 is 5.97 Å². The van der Waals surface area contributed by atoms with E-state index in [9.17, 15) is 9.59 Å². The number of carboxylic acid groups (broad SMARTS) is 1. The van der Waals surface area contributed by atoms with Crippen LogP contribution in [0.4, 0.5) is 0 Å². The van der Waals surface area contributed by atoms with Crippen LogP contribution in [0.15, 0.2) is 24.3 Å². The molecule has 0 bridgehead atoms. The molecule has 0 aliphatic rings. The van der Waals surface area contributed by atoms with Gasteiger partial charge < -0.3 is 15.0 Å². The summed E-state index contributed by atoms with van der Waals surface area (Å²) in [4.78, 5) is 26.8. The maximum Gasteiger partial charge on any atom is 0.352 e. The van der Waals surface area contributed by atoms with Crippen LogP contribution in [0, 0.1) is 0 Å². The maximum absolute atomic E-state index is 11.7. The Bertz CT molecular complexity index is 599. The highest BCUT2D eigenvalue weighted by molar-refractivity contribution is 6.00. The third kappa shape index (κ3) is 1.99. The fraction of sp³-hybridized carbons (Fsp3) is 0.167. The van der Waals surface area contributed by atoms with Crippen molar-refractivity contribution in [2.75, 3.05) is 14.1 Å². The number of benzene rings is 1. The second kappa shape index (κ2) is 3.93. The van der Waals surface area contributed by atoms with E-state index >= 15 is 0 Å². The molecule has 0 saturated carbocycles. The fourth-order valence-corrected chi connectivity index (χ4v) is 1.64. The number of carbonyl (C=O) groups is 2. The lowest BCUT2D eigenvalue weighted by atomic mass is 10.1. The molecule has 2 rings (SSSR count). The minimum Gasteiger partial charge on any atom is -0.477 e. The Morgan fingerprint density at radius 2 is 1.94 bits per heavy atom. The molecular weight excluding hydrogens is 220 g/mol. The van der Waals surface area contributed by atoms with Crippen LogP contribution < -0.4 is 0 Å². The van der Waals surface area contributed by atoms with E-state index in [0.29, 0.717) is 11.1 Å². The molecule has 0 saturated heterocycles. The number of nitrogens with zero attached hydrogens (tertiary/aromatic N) is 1. The third-order valence-corrected chi connectivity index (χ3v) is 2.50. The Morgan fingerprint density at radius 3 is 2.53 bits per heavy atom. The number of carbonyl (C=O) groups excluding carboxylic acids is 1. The number of amides is 1. The molecule has 0 radical (unpaired) electrons. The van der Waals surface area contributed by atoms with Gasteiger partial charge in [0, 0.05) is 30.6 Å². The Labute approximate surface area is 97.7 Å². The first-order valence-corrected chi connectivity index (χ1v) is 5.07. The monoisotopic (exact) mass is 232 g/mol. The average Bonchev–Trinajstić information content (AvgIpc) is 2.70. The van der Waals surface area contributed by atoms with Gasteiger partial charge in [0.1, 0.15) is 5.69 Å². The summed E-state index contributed by atoms with van der Waals surface area (Å²) in [6, 6.07) is 6.58. The summed E-state index contributed by atoms with van der Waals surface area (Å²) in [5, 5.41) is 9.56. The minimum absolute atomic E-state index is 0.107. The van der Waals surface area contributed by atoms with E-state index in [1.807, 2.05) is 0 Å². The Kier molecular flexibility index (Phi) is 2.59. The number of aromatic amines is 1. The summed E-state index contributed by atoms with van der Waals surface area (Å²) < 4.78 is 0. The first kappa shape index (κ1) is 11.2. The molecule has 1 aromatic heterocycles. The predicted octanol–water partition coefficient (Wildman–Crippen LogP) is 1.57. The number of nitrogens with one attached hydrogen (secondary N) is 1. The minimum atomic E-state index is -1.01. The standard InChI is InChI=1S/C12H12N2O3/c1-14(2)11(15)7-3-4-9-8(5-7)6-10(13-9)12(16)17/h3-6,13H,1-2H3,(H,16,17). The Balaban J connectivity index is 2.50. The van der Waals surface area contributed by atoms with Crippen molar-refractivity contribution < 1.29 is 14.7 Å². The molecule has 2 aromatic rings. The van der Waals surface area contributed by atoms with Crippen molar-refractivity contribution in [2.24, 2.45) is 0 Å². The number of aromatic nitrogens is 1. The molecule has 0 aliphatic carbocycles. The molecule has 1 heterocycles. The largest absolute Gasteiger partial charge is 0.477 e. The number of carboxylic acids is 1. The van der Waals surface area contributed by atoms with Crippen LogP contribution in [0.3, 0.4) is 0 Å². The molecule has 2 N–H and O–H groups in total. The van der Waals surface area contributed by atoms with Crippen LogP contribution in [0.2, 0.25) is 0 Å². The van der Waals surface area contributed by atoms with Crippen molar-refractivity contribution >= 4 is 22.8 Å². The SMILES string of the molecule is CN(C)C(=O)c1ccc2[nH]c(C(=O)O)cc2c1. The highest BCUT2D eigenvalue weighted by Crippen LogP contribution is 2.18. The molecule has 17 heavy (non-hydrogen) atoms. The van der Waals surface area contributed by atoms with Gasteiger partial charge in [0.15, 0.2) is 0 Å². The van der Waals surface area contributed by atoms with Crippen LogP contribution in [0.1, 0.15) is 20.8 Å². The van der Waals surface area contributed by atoms with Gasteiger partial charge in [-0.3, -0.25) is 4.79 Å². The van der Waals surface area contributed by atoms with E-state index in [-0.39, 0.29) is 11.6 Å². The number of hydrogen-bond acceptors (Lipinski definition) is 2. The quantitative estimate of drug-likeness (QED) is 0.825. The topological polar surface area (TPSA) is 73.4 Å². The fourth-order valence-electron chi connectivity index (χ4n) is 1.64. The predicted molar refractivity (Wildman–Crippen MR) is 63.3 cm³/mol. The van der Waals surface area contributed by atoms with Crippen LogP contribution in [-0.2, 0) is 0 Å². The van der Waals surface area contributed by atoms with Gasteiger partial charge in [0.05, 0.1) is 0 Å². The zero-order valence-electron chi connectivity index (χ0n) is 9.52. The summed E-state index contributed by atoms with van der Waals surface area (Å²) in [7, 11) is 3.35. The molecule has 0 spiro atoms. The molecule has 0 aliphatic heterocycles. The number of hydrogen-bond donors (Lipinski definition) is 2. The average molecular weight is 232 g/mol. The summed E-state index contributed by atoms with van der Waals surface area (Å²) >= 11 is 0. The first-order valence-electron chi connectivity index (χ1n) is 5.07. The van der Waals surface area contributed by atoms with Gasteiger partial charge >= 0.3 is 5.97 Å². The number of rotatable bonds is 2. The second-order valence-electron chi connectivity index (χ2n) is 3.99. The molecular formula is C12H12N2O3. The molecule has 5 nitrogen and oxygen atoms in total. The molecule has 5 heteroatoms. The highest BCUT2D eigenvalue weighted by atomic mass is 16.4. The van der Waals surface area contributed by atoms with Gasteiger partial charge in [0.2, 0.25) is 0 Å². The van der Waals surface area contributed by atoms with Gasteiger partial charge in [-0.15, -0.1) is 0 Å². The van der Waals surface area contributed by atoms with Crippen LogP contribution >= 0.6 is 0 Å². The Morgan fingerprint density at radius 1 is 1.24 bits per heavy atom. The molecule has 1 aromatic carbocycles. The lowest BCUT2D eigenvalue weighted by Crippen LogP contribution is -2.21. The van der Waals surface area contributed by atoms with Gasteiger partial charge in [-0.1, -0.05) is 0 Å². The summed E-state index contributed by atoms with van der Waals surface area (Å²) in [5.41, 5.74) is 1.37. The van der Waals surface area contributed by atoms with Crippen molar-refractivity contribution in [1.29, 1.82) is 0 Å². The number of H-pyrrole nitrogens is 1. The van der Waals surface area contributed by atoms with Crippen LogP contribution in [0.5, 0.6) is 0 Å². The summed E-state index contributed by atoms with van der Waals surface area (Å²) in [6.45, 7) is 0. The number of fused-ring (bicyclic) bond motifs is 1. The van der Waals surface area contributed by atoms with E-state index in [2.05, 4.69) is 4.98 Å². The lowest BCUT2D eigenvalue weighted by molar-refractivity contribution is 0.0691. The smallest absolute Gasteiger partial charge is 0.352 e. The van der Waals surface area contributed by atoms with E-state index in [0.717, 1.165) is 5.39 Å². The van der Waals surface area contributed by atoms with Crippen molar-refractivity contribution in [3.63, 3.8) is 0 Å². The zero-order chi connectivity index (χ0) is 12.6. The molecule has 0 atom stereocenters. The number of aromatic carboxylic acids is 1. The normalized spacial score (nSPS) is 10.5. The first-order chi connectivity index (χ1) is 7.99. The zero-order valence-corrected chi connectivity index (χ0v) is 9.52. The molecule has 0 fully saturated rings. The van der Waals surface area contributed by atoms with Crippen LogP contribution in [0.25, 0.3) is 10.9 Å². The second-order valence-corrected chi connectivity index (χ2v) is 3.99. The van der Waals surface area contributed by atoms with Crippen molar-refractivity contribution in [1.82, 2.24) is 9.88 Å². The van der Waals surface area contributed by atoms with Gasteiger partial charge in [0.25, 0.3) is 5.91 Å². The summed E-state index contributed by atoms with van der Waals surface area (Å²) in [5.74, 6) is -1.12. The van der Waals surface area contributed by atoms with Crippen molar-refractivity contribution in [3.8, 4) is 0 Å². The molecule has 0 unspecified atom stereocenters. The highest BCUT2D eigenvalue weighted by Gasteiger charge is 2.11. The van der Waals surface area contributed by atoms with Gasteiger partial charge in [-0.25, -0.2) is 4.79 Å². The Hall–Kier alpha value is -2.30. The van der Waals surface area contributed by atoms with Crippen LogP contribution in [-0.4, -0.2) is 41.0 Å². The van der Waals surface area contributed by atoms with Crippen molar-refractivity contribution in [3.05, 3.63) is 35.5 Å². The van der Waals surface area contributed by atoms with Gasteiger partial charge in [-0.05, 0) is 24.3 Å². The molecule has 1 amide bonds. The van der Waals surface area contributed by atoms with Crippen molar-refractivity contribution in [2.45, 2.75) is 0 Å². The maximum atomic E-state index is 11.7. The third-order valence-electron chi connectivity index (χ3n) is 2.50. The van der Waals surface area contributed by atoms with E-state index in [4.69, 9.17) is 5.11 Å². The summed E-state index contributed by atoms with van der Waals surface area (Å²) in [6.07, 6.45) is 0. The van der Waals surface area contributed by atoms with E-state index in [1.165, 1.54) is 11.0 Å². The molecule has 88 valence electrons. The van der Waals surface area contributed by atoms with E-state index in [1.54, 1.807) is 32.3 Å².